The Hall–Kier alpha value is -1.94. The smallest absolute Gasteiger partial charge is 0.219 e. The van der Waals surface area contributed by atoms with Crippen molar-refractivity contribution in [2.45, 2.75) is 32.4 Å². The number of rotatable bonds is 5. The summed E-state index contributed by atoms with van der Waals surface area (Å²) in [6, 6.07) is 12.1. The van der Waals surface area contributed by atoms with Gasteiger partial charge in [0.25, 0.3) is 0 Å². The van der Waals surface area contributed by atoms with Gasteiger partial charge in [-0.15, -0.1) is 0 Å². The highest BCUT2D eigenvalue weighted by Crippen LogP contribution is 2.13. The van der Waals surface area contributed by atoms with Gasteiger partial charge in [0.15, 0.2) is 0 Å². The molecule has 0 spiro atoms. The normalized spacial score (nSPS) is 11.7. The third kappa shape index (κ3) is 3.76. The minimum atomic E-state index is -0.320. The highest BCUT2D eigenvalue weighted by molar-refractivity contribution is 5.78. The number of hydrogen-bond donors (Lipinski definition) is 2. The van der Waals surface area contributed by atoms with E-state index in [4.69, 9.17) is 5.73 Å². The summed E-state index contributed by atoms with van der Waals surface area (Å²) < 4.78 is 0. The lowest BCUT2D eigenvalue weighted by Gasteiger charge is -2.24. The van der Waals surface area contributed by atoms with Crippen molar-refractivity contribution in [3.05, 3.63) is 42.1 Å². The average Bonchev–Trinajstić information content (AvgIpc) is 2.35. The molecule has 0 bridgehead atoms. The first-order valence-corrected chi connectivity index (χ1v) is 6.34. The molecule has 4 nitrogen and oxygen atoms in total. The number of nitrogens with one attached hydrogen (secondary N) is 1. The molecule has 0 atom stereocenters. The second-order valence-corrected chi connectivity index (χ2v) is 5.38. The number of hydrogen-bond acceptors (Lipinski definition) is 3. The lowest BCUT2D eigenvalue weighted by Crippen LogP contribution is -2.42. The Labute approximate surface area is 113 Å². The minimum absolute atomic E-state index is 0.302. The van der Waals surface area contributed by atoms with Crippen molar-refractivity contribution in [3.8, 4) is 0 Å². The SMILES string of the molecule is CC(C)(CC(N)=O)NCc1ccc2ccccc2n1. The Kier molecular flexibility index (Phi) is 3.81. The second-order valence-electron chi connectivity index (χ2n) is 5.38. The zero-order valence-electron chi connectivity index (χ0n) is 11.3. The molecule has 0 saturated carbocycles. The monoisotopic (exact) mass is 257 g/mol. The van der Waals surface area contributed by atoms with E-state index in [1.165, 1.54) is 0 Å². The quantitative estimate of drug-likeness (QED) is 0.860. The highest BCUT2D eigenvalue weighted by Gasteiger charge is 2.19. The largest absolute Gasteiger partial charge is 0.370 e. The molecule has 0 fully saturated rings. The van der Waals surface area contributed by atoms with E-state index < -0.39 is 0 Å². The van der Waals surface area contributed by atoms with Crippen molar-refractivity contribution in [1.29, 1.82) is 0 Å². The fourth-order valence-corrected chi connectivity index (χ4v) is 2.03. The van der Waals surface area contributed by atoms with Crippen molar-refractivity contribution in [2.24, 2.45) is 5.73 Å². The maximum absolute atomic E-state index is 11.0. The van der Waals surface area contributed by atoms with Crippen LogP contribution in [0.3, 0.4) is 0 Å². The number of para-hydroxylation sites is 1. The topological polar surface area (TPSA) is 68.0 Å². The first-order valence-electron chi connectivity index (χ1n) is 6.34. The molecule has 19 heavy (non-hydrogen) atoms. The summed E-state index contributed by atoms with van der Waals surface area (Å²) in [4.78, 5) is 15.5. The number of carbonyl (C=O) groups is 1. The Balaban J connectivity index is 2.07. The minimum Gasteiger partial charge on any atom is -0.370 e. The number of carbonyl (C=O) groups excluding carboxylic acids is 1. The number of benzene rings is 1. The standard InChI is InChI=1S/C15H19N3O/c1-15(2,9-14(16)19)17-10-12-8-7-11-5-3-4-6-13(11)18-12/h3-8,17H,9-10H2,1-2H3,(H2,16,19). The van der Waals surface area contributed by atoms with Gasteiger partial charge in [0.05, 0.1) is 11.2 Å². The van der Waals surface area contributed by atoms with Crippen LogP contribution in [-0.2, 0) is 11.3 Å². The van der Waals surface area contributed by atoms with Gasteiger partial charge in [-0.1, -0.05) is 24.3 Å². The molecule has 1 aromatic heterocycles. The Morgan fingerprint density at radius 3 is 2.74 bits per heavy atom. The van der Waals surface area contributed by atoms with E-state index in [-0.39, 0.29) is 11.4 Å². The molecule has 4 heteroatoms. The highest BCUT2D eigenvalue weighted by atomic mass is 16.1. The molecule has 1 heterocycles. The van der Waals surface area contributed by atoms with Crippen LogP contribution in [0.4, 0.5) is 0 Å². The summed E-state index contributed by atoms with van der Waals surface area (Å²) in [5.74, 6) is -0.302. The van der Waals surface area contributed by atoms with Crippen LogP contribution in [-0.4, -0.2) is 16.4 Å². The van der Waals surface area contributed by atoms with Crippen LogP contribution in [0.2, 0.25) is 0 Å². The third-order valence-corrected chi connectivity index (χ3v) is 3.02. The van der Waals surface area contributed by atoms with Gasteiger partial charge >= 0.3 is 0 Å². The van der Waals surface area contributed by atoms with E-state index in [0.29, 0.717) is 13.0 Å². The van der Waals surface area contributed by atoms with Crippen LogP contribution in [0, 0.1) is 0 Å². The van der Waals surface area contributed by atoms with Gasteiger partial charge in [-0.2, -0.15) is 0 Å². The molecule has 0 aliphatic rings. The summed E-state index contributed by atoms with van der Waals surface area (Å²) in [7, 11) is 0. The van der Waals surface area contributed by atoms with E-state index in [1.54, 1.807) is 0 Å². The molecule has 2 aromatic rings. The first kappa shape index (κ1) is 13.5. The molecule has 100 valence electrons. The fraction of sp³-hybridized carbons (Fsp3) is 0.333. The zero-order valence-corrected chi connectivity index (χ0v) is 11.3. The lowest BCUT2D eigenvalue weighted by molar-refractivity contribution is -0.119. The number of nitrogens with zero attached hydrogens (tertiary/aromatic N) is 1. The number of aromatic nitrogens is 1. The number of pyridine rings is 1. The van der Waals surface area contributed by atoms with E-state index in [2.05, 4.69) is 16.4 Å². The van der Waals surface area contributed by atoms with Gasteiger partial charge in [0.2, 0.25) is 5.91 Å². The van der Waals surface area contributed by atoms with Gasteiger partial charge in [-0.3, -0.25) is 9.78 Å². The summed E-state index contributed by atoms with van der Waals surface area (Å²) in [5.41, 5.74) is 6.84. The molecule has 0 radical (unpaired) electrons. The summed E-state index contributed by atoms with van der Waals surface area (Å²) >= 11 is 0. The van der Waals surface area contributed by atoms with Crippen LogP contribution in [0.15, 0.2) is 36.4 Å². The van der Waals surface area contributed by atoms with E-state index >= 15 is 0 Å². The van der Waals surface area contributed by atoms with Crippen LogP contribution in [0.5, 0.6) is 0 Å². The molecular formula is C15H19N3O. The van der Waals surface area contributed by atoms with Gasteiger partial charge in [0, 0.05) is 23.9 Å². The van der Waals surface area contributed by atoms with Gasteiger partial charge in [-0.05, 0) is 26.0 Å². The molecular weight excluding hydrogens is 238 g/mol. The number of fused-ring (bicyclic) bond motifs is 1. The summed E-state index contributed by atoms with van der Waals surface area (Å²) in [6.45, 7) is 4.53. The van der Waals surface area contributed by atoms with Gasteiger partial charge in [0.1, 0.15) is 0 Å². The van der Waals surface area contributed by atoms with Gasteiger partial charge in [-0.25, -0.2) is 0 Å². The Morgan fingerprint density at radius 2 is 2.00 bits per heavy atom. The molecule has 1 amide bonds. The van der Waals surface area contributed by atoms with E-state index in [9.17, 15) is 4.79 Å². The fourth-order valence-electron chi connectivity index (χ4n) is 2.03. The number of amides is 1. The zero-order chi connectivity index (χ0) is 13.9. The second kappa shape index (κ2) is 5.36. The van der Waals surface area contributed by atoms with E-state index in [0.717, 1.165) is 16.6 Å². The molecule has 0 unspecified atom stereocenters. The Bertz CT molecular complexity index is 593. The van der Waals surface area contributed by atoms with Crippen molar-refractivity contribution in [1.82, 2.24) is 10.3 Å². The lowest BCUT2D eigenvalue weighted by atomic mass is 10.0. The van der Waals surface area contributed by atoms with Crippen LogP contribution >= 0.6 is 0 Å². The van der Waals surface area contributed by atoms with Crippen molar-refractivity contribution < 1.29 is 4.79 Å². The third-order valence-electron chi connectivity index (χ3n) is 3.02. The maximum atomic E-state index is 11.0. The molecule has 1 aromatic carbocycles. The molecule has 3 N–H and O–H groups in total. The van der Waals surface area contributed by atoms with Crippen LogP contribution < -0.4 is 11.1 Å². The van der Waals surface area contributed by atoms with Crippen molar-refractivity contribution in [3.63, 3.8) is 0 Å². The molecule has 2 rings (SSSR count). The average molecular weight is 257 g/mol. The number of nitrogens with two attached hydrogens (primary N) is 1. The molecule has 0 saturated heterocycles. The first-order chi connectivity index (χ1) is 8.96. The van der Waals surface area contributed by atoms with Crippen LogP contribution in [0.1, 0.15) is 26.0 Å². The summed E-state index contributed by atoms with van der Waals surface area (Å²) in [6.07, 6.45) is 0.306. The predicted molar refractivity (Wildman–Crippen MR) is 76.5 cm³/mol. The van der Waals surface area contributed by atoms with Crippen molar-refractivity contribution >= 4 is 16.8 Å². The van der Waals surface area contributed by atoms with Gasteiger partial charge < -0.3 is 11.1 Å². The van der Waals surface area contributed by atoms with Crippen LogP contribution in [0.25, 0.3) is 10.9 Å². The summed E-state index contributed by atoms with van der Waals surface area (Å²) in [5, 5.41) is 4.44. The number of primary amides is 1. The predicted octanol–water partition coefficient (Wildman–Crippen LogP) is 1.98. The molecule has 0 aliphatic heterocycles. The Morgan fingerprint density at radius 1 is 1.26 bits per heavy atom. The van der Waals surface area contributed by atoms with E-state index in [1.807, 2.05) is 44.2 Å². The maximum Gasteiger partial charge on any atom is 0.219 e. The van der Waals surface area contributed by atoms with Crippen molar-refractivity contribution in [2.75, 3.05) is 0 Å². The molecule has 0 aliphatic carbocycles.